The molecule has 0 bridgehead atoms. The number of carboxylic acids is 2. The van der Waals surface area contributed by atoms with E-state index in [-0.39, 0.29) is 6.42 Å². The van der Waals surface area contributed by atoms with Crippen LogP contribution in [0.15, 0.2) is 12.2 Å². The third-order valence-electron chi connectivity index (χ3n) is 2.32. The molecule has 0 aliphatic carbocycles. The van der Waals surface area contributed by atoms with Crippen molar-refractivity contribution in [3.8, 4) is 0 Å². The summed E-state index contributed by atoms with van der Waals surface area (Å²) in [7, 11) is 0. The molecule has 0 radical (unpaired) electrons. The summed E-state index contributed by atoms with van der Waals surface area (Å²) in [6, 6.07) is 0. The Morgan fingerprint density at radius 2 is 1.81 bits per heavy atom. The maximum Gasteiger partial charge on any atom is 0.307 e. The summed E-state index contributed by atoms with van der Waals surface area (Å²) in [4.78, 5) is 21.1. The van der Waals surface area contributed by atoms with Crippen LogP contribution >= 0.6 is 0 Å². The van der Waals surface area contributed by atoms with Gasteiger partial charge in [0.15, 0.2) is 0 Å². The molecule has 0 heterocycles. The average molecular weight is 228 g/mol. The van der Waals surface area contributed by atoms with Crippen LogP contribution in [-0.4, -0.2) is 22.2 Å². The van der Waals surface area contributed by atoms with E-state index in [2.05, 4.69) is 13.0 Å². The third-order valence-corrected chi connectivity index (χ3v) is 2.32. The van der Waals surface area contributed by atoms with Crippen molar-refractivity contribution in [2.24, 2.45) is 5.92 Å². The lowest BCUT2D eigenvalue weighted by Crippen LogP contribution is -2.17. The first-order chi connectivity index (χ1) is 7.57. The molecule has 0 saturated carbocycles. The highest BCUT2D eigenvalue weighted by Gasteiger charge is 2.19. The predicted octanol–water partition coefficient (Wildman–Crippen LogP) is 2.69. The van der Waals surface area contributed by atoms with E-state index in [0.717, 1.165) is 25.7 Å². The monoisotopic (exact) mass is 228 g/mol. The van der Waals surface area contributed by atoms with Crippen molar-refractivity contribution in [1.82, 2.24) is 0 Å². The summed E-state index contributed by atoms with van der Waals surface area (Å²) < 4.78 is 0. The molecule has 0 spiro atoms. The lowest BCUT2D eigenvalue weighted by atomic mass is 9.98. The van der Waals surface area contributed by atoms with Gasteiger partial charge in [-0.15, -0.1) is 0 Å². The zero-order chi connectivity index (χ0) is 12.4. The van der Waals surface area contributed by atoms with E-state index in [1.165, 1.54) is 0 Å². The normalized spacial score (nSPS) is 12.8. The van der Waals surface area contributed by atoms with Gasteiger partial charge in [-0.2, -0.15) is 0 Å². The van der Waals surface area contributed by atoms with E-state index in [1.54, 1.807) is 0 Å². The SMILES string of the molecule is CCC/C=C/CCCC(CC(=O)O)C(=O)O. The summed E-state index contributed by atoms with van der Waals surface area (Å²) in [5.74, 6) is -2.81. The topological polar surface area (TPSA) is 74.6 Å². The van der Waals surface area contributed by atoms with E-state index >= 15 is 0 Å². The molecular formula is C12H20O4. The van der Waals surface area contributed by atoms with Crippen molar-refractivity contribution in [3.63, 3.8) is 0 Å². The minimum absolute atomic E-state index is 0.284. The van der Waals surface area contributed by atoms with Gasteiger partial charge in [-0.3, -0.25) is 9.59 Å². The second-order valence-corrected chi connectivity index (χ2v) is 3.82. The molecule has 4 nitrogen and oxygen atoms in total. The first-order valence-corrected chi connectivity index (χ1v) is 5.67. The molecule has 1 unspecified atom stereocenters. The predicted molar refractivity (Wildman–Crippen MR) is 61.3 cm³/mol. The Hall–Kier alpha value is -1.32. The highest BCUT2D eigenvalue weighted by atomic mass is 16.4. The van der Waals surface area contributed by atoms with Crippen LogP contribution in [-0.2, 0) is 9.59 Å². The van der Waals surface area contributed by atoms with Crippen LogP contribution in [0.3, 0.4) is 0 Å². The second kappa shape index (κ2) is 8.95. The Labute approximate surface area is 96.0 Å². The molecule has 4 heteroatoms. The second-order valence-electron chi connectivity index (χ2n) is 3.82. The zero-order valence-corrected chi connectivity index (χ0v) is 9.69. The molecule has 0 aromatic rings. The van der Waals surface area contributed by atoms with Gasteiger partial charge in [0.05, 0.1) is 12.3 Å². The Bertz CT molecular complexity index is 245. The Morgan fingerprint density at radius 1 is 1.19 bits per heavy atom. The lowest BCUT2D eigenvalue weighted by molar-refractivity contribution is -0.148. The van der Waals surface area contributed by atoms with Crippen molar-refractivity contribution in [1.29, 1.82) is 0 Å². The van der Waals surface area contributed by atoms with Crippen molar-refractivity contribution < 1.29 is 19.8 Å². The van der Waals surface area contributed by atoms with Crippen molar-refractivity contribution in [2.45, 2.75) is 45.4 Å². The van der Waals surface area contributed by atoms with Crippen LogP contribution in [0.5, 0.6) is 0 Å². The van der Waals surface area contributed by atoms with Gasteiger partial charge in [0.25, 0.3) is 0 Å². The molecule has 0 saturated heterocycles. The van der Waals surface area contributed by atoms with Crippen LogP contribution < -0.4 is 0 Å². The van der Waals surface area contributed by atoms with Gasteiger partial charge in [0.1, 0.15) is 0 Å². The highest BCUT2D eigenvalue weighted by molar-refractivity contribution is 5.77. The van der Waals surface area contributed by atoms with Gasteiger partial charge in [0, 0.05) is 0 Å². The van der Waals surface area contributed by atoms with Gasteiger partial charge >= 0.3 is 11.9 Å². The van der Waals surface area contributed by atoms with Crippen LogP contribution in [0, 0.1) is 5.92 Å². The maximum absolute atomic E-state index is 10.7. The number of hydrogen-bond donors (Lipinski definition) is 2. The van der Waals surface area contributed by atoms with E-state index in [9.17, 15) is 9.59 Å². The molecular weight excluding hydrogens is 208 g/mol. The minimum atomic E-state index is -1.05. The lowest BCUT2D eigenvalue weighted by Gasteiger charge is -2.07. The van der Waals surface area contributed by atoms with Gasteiger partial charge in [-0.1, -0.05) is 25.5 Å². The number of allylic oxidation sites excluding steroid dienone is 2. The number of carbonyl (C=O) groups is 2. The van der Waals surface area contributed by atoms with Gasteiger partial charge in [-0.25, -0.2) is 0 Å². The van der Waals surface area contributed by atoms with E-state index in [4.69, 9.17) is 10.2 Å². The standard InChI is InChI=1S/C12H20O4/c1-2-3-4-5-6-7-8-10(12(15)16)9-11(13)14/h4-5,10H,2-3,6-9H2,1H3,(H,13,14)(H,15,16)/b5-4+. The smallest absolute Gasteiger partial charge is 0.307 e. The number of aliphatic carboxylic acids is 2. The number of unbranched alkanes of at least 4 members (excludes halogenated alkanes) is 2. The van der Waals surface area contributed by atoms with Crippen LogP contribution in [0.25, 0.3) is 0 Å². The molecule has 2 N–H and O–H groups in total. The molecule has 92 valence electrons. The maximum atomic E-state index is 10.7. The molecule has 0 fully saturated rings. The quantitative estimate of drug-likeness (QED) is 0.470. The van der Waals surface area contributed by atoms with Gasteiger partial charge < -0.3 is 10.2 Å². The fraction of sp³-hybridized carbons (Fsp3) is 0.667. The highest BCUT2D eigenvalue weighted by Crippen LogP contribution is 2.13. The Kier molecular flexibility index (Phi) is 8.21. The molecule has 16 heavy (non-hydrogen) atoms. The summed E-state index contributed by atoms with van der Waals surface area (Å²) in [6.07, 6.45) is 7.95. The number of carboxylic acid groups (broad SMARTS) is 2. The van der Waals surface area contributed by atoms with Crippen LogP contribution in [0.4, 0.5) is 0 Å². The average Bonchev–Trinajstić information content (AvgIpc) is 2.20. The minimum Gasteiger partial charge on any atom is -0.481 e. The summed E-state index contributed by atoms with van der Waals surface area (Å²) >= 11 is 0. The third kappa shape index (κ3) is 8.03. The van der Waals surface area contributed by atoms with E-state index in [1.807, 2.05) is 6.08 Å². The number of rotatable bonds is 9. The van der Waals surface area contributed by atoms with Gasteiger partial charge in [0.2, 0.25) is 0 Å². The van der Waals surface area contributed by atoms with Crippen LogP contribution in [0.2, 0.25) is 0 Å². The molecule has 0 amide bonds. The first-order valence-electron chi connectivity index (χ1n) is 5.67. The summed E-state index contributed by atoms with van der Waals surface area (Å²) in [6.45, 7) is 2.09. The molecule has 0 aromatic carbocycles. The summed E-state index contributed by atoms with van der Waals surface area (Å²) in [5.41, 5.74) is 0. The first kappa shape index (κ1) is 14.7. The Morgan fingerprint density at radius 3 is 2.31 bits per heavy atom. The molecule has 0 rings (SSSR count). The van der Waals surface area contributed by atoms with Gasteiger partial charge in [-0.05, 0) is 25.7 Å². The fourth-order valence-electron chi connectivity index (χ4n) is 1.41. The molecule has 0 aliphatic heterocycles. The zero-order valence-electron chi connectivity index (χ0n) is 9.69. The Balaban J connectivity index is 3.76. The molecule has 1 atom stereocenters. The molecule has 0 aliphatic rings. The van der Waals surface area contributed by atoms with Crippen molar-refractivity contribution in [2.75, 3.05) is 0 Å². The van der Waals surface area contributed by atoms with E-state index < -0.39 is 17.9 Å². The van der Waals surface area contributed by atoms with E-state index in [0.29, 0.717) is 6.42 Å². The number of hydrogen-bond acceptors (Lipinski definition) is 2. The van der Waals surface area contributed by atoms with Crippen LogP contribution in [0.1, 0.15) is 45.4 Å². The van der Waals surface area contributed by atoms with Crippen molar-refractivity contribution >= 4 is 11.9 Å². The molecule has 0 aromatic heterocycles. The van der Waals surface area contributed by atoms with Crippen molar-refractivity contribution in [3.05, 3.63) is 12.2 Å². The fourth-order valence-corrected chi connectivity index (χ4v) is 1.41. The summed E-state index contributed by atoms with van der Waals surface area (Å²) in [5, 5.41) is 17.3. The largest absolute Gasteiger partial charge is 0.481 e.